The Bertz CT molecular complexity index is 1670. The Balaban J connectivity index is 1.74. The first-order chi connectivity index (χ1) is 17.4. The molecule has 5 rings (SSSR count). The van der Waals surface area contributed by atoms with E-state index < -0.39 is 5.97 Å². The van der Waals surface area contributed by atoms with Crippen molar-refractivity contribution < 1.29 is 19.1 Å². The highest BCUT2D eigenvalue weighted by molar-refractivity contribution is 5.97. The van der Waals surface area contributed by atoms with E-state index in [1.165, 1.54) is 13.2 Å². The van der Waals surface area contributed by atoms with Gasteiger partial charge in [0, 0.05) is 5.39 Å². The summed E-state index contributed by atoms with van der Waals surface area (Å²) in [6.45, 7) is 11.1. The molecule has 0 aliphatic rings. The van der Waals surface area contributed by atoms with E-state index >= 15 is 0 Å². The molecule has 0 unspecified atom stereocenters. The molecule has 8 nitrogen and oxygen atoms in total. The zero-order valence-electron chi connectivity index (χ0n) is 19.9. The molecule has 0 aliphatic carbocycles. The van der Waals surface area contributed by atoms with E-state index in [1.54, 1.807) is 28.9 Å². The minimum absolute atomic E-state index is 0.0572. The number of para-hydroxylation sites is 1. The third-order valence-electron chi connectivity index (χ3n) is 5.99. The maximum atomic E-state index is 12.1. The van der Waals surface area contributed by atoms with Gasteiger partial charge in [-0.15, -0.1) is 0 Å². The molecule has 8 heteroatoms. The van der Waals surface area contributed by atoms with Gasteiger partial charge in [0.25, 0.3) is 0 Å². The van der Waals surface area contributed by atoms with E-state index in [0.29, 0.717) is 45.5 Å². The Kier molecular flexibility index (Phi) is 5.66. The maximum Gasteiger partial charge on any atom is 0.337 e. The lowest BCUT2D eigenvalue weighted by molar-refractivity contribution is 0.0697. The number of carboxylic acids is 1. The number of anilines is 2. The van der Waals surface area contributed by atoms with Gasteiger partial charge in [0.15, 0.2) is 5.69 Å². The van der Waals surface area contributed by atoms with Crippen molar-refractivity contribution in [1.82, 2.24) is 9.78 Å². The second kappa shape index (κ2) is 8.96. The van der Waals surface area contributed by atoms with Crippen molar-refractivity contribution in [3.63, 3.8) is 0 Å². The van der Waals surface area contributed by atoms with Crippen LogP contribution in [0.25, 0.3) is 32.8 Å². The highest BCUT2D eigenvalue weighted by Crippen LogP contribution is 2.40. The second-order valence-corrected chi connectivity index (χ2v) is 8.29. The summed E-state index contributed by atoms with van der Waals surface area (Å²) >= 11 is 0. The molecule has 3 aromatic carbocycles. The van der Waals surface area contributed by atoms with Crippen LogP contribution in [0.1, 0.15) is 21.6 Å². The van der Waals surface area contributed by atoms with Crippen LogP contribution in [0.4, 0.5) is 17.2 Å². The summed E-state index contributed by atoms with van der Waals surface area (Å²) in [5.41, 5.74) is 4.72. The summed E-state index contributed by atoms with van der Waals surface area (Å²) < 4.78 is 13.2. The summed E-state index contributed by atoms with van der Waals surface area (Å²) in [6.07, 6.45) is 0. The first-order valence-corrected chi connectivity index (χ1v) is 11.1. The third-order valence-corrected chi connectivity index (χ3v) is 5.99. The van der Waals surface area contributed by atoms with Gasteiger partial charge in [0.05, 0.1) is 41.9 Å². The topological polar surface area (TPSA) is 93.9 Å². The smallest absolute Gasteiger partial charge is 0.337 e. The molecule has 36 heavy (non-hydrogen) atoms. The van der Waals surface area contributed by atoms with E-state index in [2.05, 4.69) is 10.2 Å². The number of aromatic carboxylic acids is 1. The summed E-state index contributed by atoms with van der Waals surface area (Å²) in [4.78, 5) is 15.5. The molecule has 2 N–H and O–H groups in total. The minimum Gasteiger partial charge on any atom is -0.497 e. The molecule has 0 aliphatic heterocycles. The van der Waals surface area contributed by atoms with Crippen molar-refractivity contribution in [1.29, 1.82) is 0 Å². The van der Waals surface area contributed by atoms with Crippen molar-refractivity contribution in [2.45, 2.75) is 13.8 Å². The van der Waals surface area contributed by atoms with Crippen molar-refractivity contribution in [2.75, 3.05) is 12.4 Å². The monoisotopic (exact) mass is 478 g/mol. The van der Waals surface area contributed by atoms with E-state index in [9.17, 15) is 9.90 Å². The van der Waals surface area contributed by atoms with Crippen molar-refractivity contribution in [3.05, 3.63) is 95.0 Å². The number of aryl methyl sites for hydroxylation is 2. The van der Waals surface area contributed by atoms with E-state index in [4.69, 9.17) is 20.8 Å². The van der Waals surface area contributed by atoms with Crippen LogP contribution in [-0.2, 0) is 0 Å². The van der Waals surface area contributed by atoms with Crippen LogP contribution in [-0.4, -0.2) is 28.0 Å². The van der Waals surface area contributed by atoms with Crippen LogP contribution < -0.4 is 10.1 Å². The highest BCUT2D eigenvalue weighted by atomic mass is 16.5. The molecule has 178 valence electrons. The van der Waals surface area contributed by atoms with Crippen LogP contribution in [0.15, 0.2) is 71.1 Å². The Morgan fingerprint density at radius 2 is 1.92 bits per heavy atom. The van der Waals surface area contributed by atoms with E-state index in [-0.39, 0.29) is 5.56 Å². The summed E-state index contributed by atoms with van der Waals surface area (Å²) in [5.74, 6) is 0.456. The molecule has 2 heterocycles. The molecule has 0 saturated heterocycles. The Labute approximate surface area is 207 Å². The van der Waals surface area contributed by atoms with Crippen molar-refractivity contribution >= 4 is 34.1 Å². The molecule has 0 saturated carbocycles. The van der Waals surface area contributed by atoms with Crippen LogP contribution >= 0.6 is 0 Å². The second-order valence-electron chi connectivity index (χ2n) is 8.29. The number of carbonyl (C=O) groups is 1. The fourth-order valence-electron chi connectivity index (χ4n) is 4.19. The number of furan rings is 1. The largest absolute Gasteiger partial charge is 0.497 e. The summed E-state index contributed by atoms with van der Waals surface area (Å²) in [7, 11) is 1.49. The van der Waals surface area contributed by atoms with Gasteiger partial charge in [-0.25, -0.2) is 14.3 Å². The lowest BCUT2D eigenvalue weighted by Gasteiger charge is -2.15. The molecular formula is C28H22N4O4. The maximum absolute atomic E-state index is 12.1. The normalized spacial score (nSPS) is 10.8. The van der Waals surface area contributed by atoms with Gasteiger partial charge < -0.3 is 19.6 Å². The van der Waals surface area contributed by atoms with Gasteiger partial charge in [-0.1, -0.05) is 30.3 Å². The Morgan fingerprint density at radius 1 is 1.11 bits per heavy atom. The number of methoxy groups -OCH3 is 1. The number of fused-ring (bicyclic) bond motifs is 1. The minimum atomic E-state index is -1.09. The van der Waals surface area contributed by atoms with Gasteiger partial charge in [-0.2, -0.15) is 5.10 Å². The predicted molar refractivity (Wildman–Crippen MR) is 138 cm³/mol. The molecular weight excluding hydrogens is 456 g/mol. The molecule has 0 amide bonds. The molecule has 0 spiro atoms. The molecule has 2 aromatic heterocycles. The molecule has 5 aromatic rings. The van der Waals surface area contributed by atoms with Crippen LogP contribution in [0.5, 0.6) is 5.75 Å². The number of ether oxygens (including phenoxy) is 1. The average molecular weight is 479 g/mol. The number of hydrogen-bond donors (Lipinski definition) is 2. The number of nitrogens with zero attached hydrogens (tertiary/aromatic N) is 3. The number of rotatable bonds is 6. The van der Waals surface area contributed by atoms with Gasteiger partial charge in [-0.05, 0) is 55.8 Å². The van der Waals surface area contributed by atoms with Crippen LogP contribution in [0.3, 0.4) is 0 Å². The molecule has 0 radical (unpaired) electrons. The van der Waals surface area contributed by atoms with Gasteiger partial charge >= 0.3 is 5.97 Å². The quantitative estimate of drug-likeness (QED) is 0.258. The van der Waals surface area contributed by atoms with Crippen LogP contribution in [0, 0.1) is 20.4 Å². The predicted octanol–water partition coefficient (Wildman–Crippen LogP) is 6.90. The zero-order chi connectivity index (χ0) is 25.4. The Morgan fingerprint density at radius 3 is 2.64 bits per heavy atom. The summed E-state index contributed by atoms with van der Waals surface area (Å²) in [5, 5.41) is 18.8. The van der Waals surface area contributed by atoms with Crippen molar-refractivity contribution in [3.8, 4) is 22.8 Å². The standard InChI is InChI=1S/C28H22N4O4/c1-16-7-5-6-8-23(16)32-27(30-22-12-11-20(35-4)15-21(22)28(33)34)26(17(2)31-32)25-13-18-9-10-19(29-3)14-24(18)36-25/h5-15,30H,1-2,4H3,(H,33,34). The van der Waals surface area contributed by atoms with E-state index in [0.717, 1.165) is 16.6 Å². The SMILES string of the molecule is [C-]#[N+]c1ccc2cc(-c3c(C)nn(-c4ccccc4C)c3Nc3ccc(OC)cc3C(=O)O)oc2c1. The first kappa shape index (κ1) is 22.7. The number of hydrogen-bond acceptors (Lipinski definition) is 5. The molecule has 0 fully saturated rings. The third kappa shape index (κ3) is 3.93. The average Bonchev–Trinajstić information content (AvgIpc) is 3.43. The number of aromatic nitrogens is 2. The summed E-state index contributed by atoms with van der Waals surface area (Å²) in [6, 6.07) is 19.8. The van der Waals surface area contributed by atoms with Gasteiger partial charge in [0.1, 0.15) is 22.9 Å². The molecule has 0 bridgehead atoms. The lowest BCUT2D eigenvalue weighted by atomic mass is 10.1. The van der Waals surface area contributed by atoms with Crippen LogP contribution in [0.2, 0.25) is 0 Å². The molecule has 0 atom stereocenters. The number of benzene rings is 3. The van der Waals surface area contributed by atoms with Gasteiger partial charge in [0.2, 0.25) is 0 Å². The fourth-order valence-corrected chi connectivity index (χ4v) is 4.19. The lowest BCUT2D eigenvalue weighted by Crippen LogP contribution is -2.08. The zero-order valence-corrected chi connectivity index (χ0v) is 19.9. The number of carboxylic acid groups (broad SMARTS) is 1. The fraction of sp³-hybridized carbons (Fsp3) is 0.107. The van der Waals surface area contributed by atoms with E-state index in [1.807, 2.05) is 50.2 Å². The highest BCUT2D eigenvalue weighted by Gasteiger charge is 2.24. The van der Waals surface area contributed by atoms with Crippen molar-refractivity contribution in [2.24, 2.45) is 0 Å². The van der Waals surface area contributed by atoms with Gasteiger partial charge in [-0.3, -0.25) is 0 Å². The first-order valence-electron chi connectivity index (χ1n) is 11.1. The number of nitrogens with one attached hydrogen (secondary N) is 1. The Hall–Kier alpha value is -5.03.